The van der Waals surface area contributed by atoms with Crippen molar-refractivity contribution in [1.82, 2.24) is 0 Å². The summed E-state index contributed by atoms with van der Waals surface area (Å²) in [7, 11) is 1.57. The van der Waals surface area contributed by atoms with E-state index in [1.54, 1.807) is 73.8 Å². The number of nitrogens with one attached hydrogen (secondary N) is 3. The summed E-state index contributed by atoms with van der Waals surface area (Å²) < 4.78 is 10.3. The Hall–Kier alpha value is -4.33. The summed E-state index contributed by atoms with van der Waals surface area (Å²) in [5, 5.41) is 8.67. The first kappa shape index (κ1) is 25.3. The summed E-state index contributed by atoms with van der Waals surface area (Å²) in [5.41, 5.74) is 2.60. The molecule has 8 nitrogen and oxygen atoms in total. The van der Waals surface area contributed by atoms with Crippen molar-refractivity contribution in [3.63, 3.8) is 0 Å². The molecule has 0 saturated carbocycles. The number of benzene rings is 3. The highest BCUT2D eigenvalue weighted by molar-refractivity contribution is 6.04. The number of unbranched alkanes of at least 4 members (excludes halogenated alkanes) is 1. The normalized spacial score (nSPS) is 10.2. The summed E-state index contributed by atoms with van der Waals surface area (Å²) >= 11 is 0. The summed E-state index contributed by atoms with van der Waals surface area (Å²) in [6.07, 6.45) is 2.02. The molecular formula is C27H29N3O5. The van der Waals surface area contributed by atoms with Gasteiger partial charge in [-0.2, -0.15) is 0 Å². The van der Waals surface area contributed by atoms with Gasteiger partial charge in [0.05, 0.1) is 12.7 Å². The van der Waals surface area contributed by atoms with Crippen molar-refractivity contribution in [3.8, 4) is 5.75 Å². The SMILES string of the molecule is CCCCNc1ccccc1C(=O)OCC(=O)Nc1ccc(C(=O)Nc2ccc(OC)cc2)cc1. The van der Waals surface area contributed by atoms with E-state index in [1.807, 2.05) is 6.07 Å². The number of esters is 1. The average Bonchev–Trinajstić information content (AvgIpc) is 2.88. The molecule has 0 radical (unpaired) electrons. The first-order chi connectivity index (χ1) is 17.0. The quantitative estimate of drug-likeness (QED) is 0.268. The van der Waals surface area contributed by atoms with E-state index in [1.165, 1.54) is 0 Å². The van der Waals surface area contributed by atoms with Crippen LogP contribution in [0.15, 0.2) is 72.8 Å². The minimum absolute atomic E-state index is 0.284. The molecule has 0 aliphatic heterocycles. The van der Waals surface area contributed by atoms with Crippen LogP contribution in [0.3, 0.4) is 0 Å². The molecule has 0 aliphatic carbocycles. The maximum Gasteiger partial charge on any atom is 0.340 e. The molecule has 0 heterocycles. The van der Waals surface area contributed by atoms with Crippen LogP contribution < -0.4 is 20.7 Å². The van der Waals surface area contributed by atoms with Gasteiger partial charge < -0.3 is 25.4 Å². The van der Waals surface area contributed by atoms with Crippen LogP contribution in [-0.2, 0) is 9.53 Å². The van der Waals surface area contributed by atoms with Gasteiger partial charge in [0.1, 0.15) is 5.75 Å². The lowest BCUT2D eigenvalue weighted by atomic mass is 10.1. The Morgan fingerprint density at radius 3 is 2.17 bits per heavy atom. The highest BCUT2D eigenvalue weighted by Gasteiger charge is 2.14. The predicted molar refractivity (Wildman–Crippen MR) is 136 cm³/mol. The summed E-state index contributed by atoms with van der Waals surface area (Å²) in [6, 6.07) is 20.4. The van der Waals surface area contributed by atoms with Gasteiger partial charge >= 0.3 is 5.97 Å². The largest absolute Gasteiger partial charge is 0.497 e. The summed E-state index contributed by atoms with van der Waals surface area (Å²) in [5.74, 6) is -0.648. The summed E-state index contributed by atoms with van der Waals surface area (Å²) in [6.45, 7) is 2.41. The Morgan fingerprint density at radius 2 is 1.49 bits per heavy atom. The monoisotopic (exact) mass is 475 g/mol. The second kappa shape index (κ2) is 12.8. The van der Waals surface area contributed by atoms with E-state index in [9.17, 15) is 14.4 Å². The lowest BCUT2D eigenvalue weighted by molar-refractivity contribution is -0.119. The molecule has 35 heavy (non-hydrogen) atoms. The van der Waals surface area contributed by atoms with E-state index < -0.39 is 18.5 Å². The topological polar surface area (TPSA) is 106 Å². The van der Waals surface area contributed by atoms with Crippen LogP contribution in [0.1, 0.15) is 40.5 Å². The first-order valence-corrected chi connectivity index (χ1v) is 11.4. The number of carbonyl (C=O) groups excluding carboxylic acids is 3. The molecule has 0 aliphatic rings. The molecule has 0 fully saturated rings. The van der Waals surface area contributed by atoms with E-state index in [0.29, 0.717) is 33.9 Å². The molecule has 3 aromatic rings. The molecule has 0 atom stereocenters. The molecule has 3 aromatic carbocycles. The molecule has 0 bridgehead atoms. The number of hydrogen-bond acceptors (Lipinski definition) is 6. The number of para-hydroxylation sites is 1. The van der Waals surface area contributed by atoms with Crippen LogP contribution in [-0.4, -0.2) is 38.0 Å². The molecule has 3 N–H and O–H groups in total. The van der Waals surface area contributed by atoms with Gasteiger partial charge in [-0.25, -0.2) is 4.79 Å². The van der Waals surface area contributed by atoms with Gasteiger partial charge in [-0.3, -0.25) is 9.59 Å². The van der Waals surface area contributed by atoms with Crippen LogP contribution in [0.2, 0.25) is 0 Å². The molecule has 0 aromatic heterocycles. The summed E-state index contributed by atoms with van der Waals surface area (Å²) in [4.78, 5) is 37.2. The van der Waals surface area contributed by atoms with Crippen LogP contribution in [0, 0.1) is 0 Å². The molecule has 182 valence electrons. The number of amides is 2. The average molecular weight is 476 g/mol. The van der Waals surface area contributed by atoms with E-state index >= 15 is 0 Å². The number of methoxy groups -OCH3 is 1. The molecule has 2 amide bonds. The Balaban J connectivity index is 1.49. The highest BCUT2D eigenvalue weighted by atomic mass is 16.5. The van der Waals surface area contributed by atoms with Gasteiger partial charge in [0.2, 0.25) is 0 Å². The van der Waals surface area contributed by atoms with Crippen molar-refractivity contribution in [3.05, 3.63) is 83.9 Å². The zero-order valence-electron chi connectivity index (χ0n) is 19.8. The second-order valence-corrected chi connectivity index (χ2v) is 7.71. The van der Waals surface area contributed by atoms with Crippen molar-refractivity contribution >= 4 is 34.8 Å². The van der Waals surface area contributed by atoms with Gasteiger partial charge in [0.15, 0.2) is 6.61 Å². The van der Waals surface area contributed by atoms with Gasteiger partial charge in [-0.1, -0.05) is 25.5 Å². The van der Waals surface area contributed by atoms with E-state index in [4.69, 9.17) is 9.47 Å². The zero-order valence-corrected chi connectivity index (χ0v) is 19.8. The van der Waals surface area contributed by atoms with Gasteiger partial charge in [-0.05, 0) is 67.1 Å². The fourth-order valence-corrected chi connectivity index (χ4v) is 3.20. The third-order valence-corrected chi connectivity index (χ3v) is 5.11. The maximum absolute atomic E-state index is 12.5. The third kappa shape index (κ3) is 7.60. The lowest BCUT2D eigenvalue weighted by Gasteiger charge is -2.12. The molecule has 3 rings (SSSR count). The number of rotatable bonds is 11. The maximum atomic E-state index is 12.5. The zero-order chi connectivity index (χ0) is 25.0. The highest BCUT2D eigenvalue weighted by Crippen LogP contribution is 2.18. The number of ether oxygens (including phenoxy) is 2. The van der Waals surface area contributed by atoms with Crippen molar-refractivity contribution in [2.24, 2.45) is 0 Å². The number of hydrogen-bond donors (Lipinski definition) is 3. The van der Waals surface area contributed by atoms with Gasteiger partial charge in [-0.15, -0.1) is 0 Å². The Labute approximate surface area is 204 Å². The molecule has 0 saturated heterocycles. The number of anilines is 3. The van der Waals surface area contributed by atoms with Crippen LogP contribution in [0.25, 0.3) is 0 Å². The van der Waals surface area contributed by atoms with Crippen LogP contribution in [0.5, 0.6) is 5.75 Å². The third-order valence-electron chi connectivity index (χ3n) is 5.11. The minimum Gasteiger partial charge on any atom is -0.497 e. The van der Waals surface area contributed by atoms with E-state index in [2.05, 4.69) is 22.9 Å². The van der Waals surface area contributed by atoms with Crippen LogP contribution in [0.4, 0.5) is 17.1 Å². The standard InChI is InChI=1S/C27H29N3O5/c1-3-4-17-28-24-8-6-5-7-23(24)27(33)35-18-25(31)29-20-11-9-19(10-12-20)26(32)30-21-13-15-22(34-2)16-14-21/h5-16,28H,3-4,17-18H2,1-2H3,(H,29,31)(H,30,32). The smallest absolute Gasteiger partial charge is 0.340 e. The van der Waals surface area contributed by atoms with E-state index in [-0.39, 0.29) is 5.91 Å². The fraction of sp³-hybridized carbons (Fsp3) is 0.222. The lowest BCUT2D eigenvalue weighted by Crippen LogP contribution is -2.21. The van der Waals surface area contributed by atoms with Crippen LogP contribution >= 0.6 is 0 Å². The number of carbonyl (C=O) groups is 3. The van der Waals surface area contributed by atoms with Crippen molar-refractivity contribution < 1.29 is 23.9 Å². The van der Waals surface area contributed by atoms with Crippen molar-refractivity contribution in [2.45, 2.75) is 19.8 Å². The molecule has 0 unspecified atom stereocenters. The van der Waals surface area contributed by atoms with Gasteiger partial charge in [0, 0.05) is 29.2 Å². The Morgan fingerprint density at radius 1 is 0.829 bits per heavy atom. The minimum atomic E-state index is -0.578. The molecule has 8 heteroatoms. The van der Waals surface area contributed by atoms with E-state index in [0.717, 1.165) is 19.4 Å². The fourth-order valence-electron chi connectivity index (χ4n) is 3.20. The Bertz CT molecular complexity index is 1140. The van der Waals surface area contributed by atoms with Crippen molar-refractivity contribution in [1.29, 1.82) is 0 Å². The first-order valence-electron chi connectivity index (χ1n) is 11.4. The van der Waals surface area contributed by atoms with Crippen molar-refractivity contribution in [2.75, 3.05) is 36.2 Å². The molecule has 0 spiro atoms. The molecular weight excluding hydrogens is 446 g/mol. The second-order valence-electron chi connectivity index (χ2n) is 7.71. The predicted octanol–water partition coefficient (Wildman–Crippen LogP) is 4.96. The van der Waals surface area contributed by atoms with Gasteiger partial charge in [0.25, 0.3) is 11.8 Å². The Kier molecular flexibility index (Phi) is 9.24.